The van der Waals surface area contributed by atoms with E-state index in [0.29, 0.717) is 6.54 Å². The second-order valence-corrected chi connectivity index (χ2v) is 3.30. The molecule has 0 aromatic carbocycles. The van der Waals surface area contributed by atoms with E-state index < -0.39 is 0 Å². The molecular formula is C10H12N4. The van der Waals surface area contributed by atoms with Crippen LogP contribution in [-0.2, 0) is 0 Å². The van der Waals surface area contributed by atoms with Crippen molar-refractivity contribution in [3.05, 3.63) is 22.9 Å². The molecule has 0 radical (unpaired) electrons. The normalized spacial score (nSPS) is 17.7. The van der Waals surface area contributed by atoms with Gasteiger partial charge in [-0.1, -0.05) is 0 Å². The molecule has 1 fully saturated rings. The Balaban J connectivity index is 3.08. The van der Waals surface area contributed by atoms with Gasteiger partial charge in [0, 0.05) is 39.0 Å². The minimum atomic E-state index is 0.211. The van der Waals surface area contributed by atoms with E-state index in [2.05, 4.69) is 5.32 Å². The Bertz CT molecular complexity index is 347. The maximum Gasteiger partial charge on any atom is 0.134 e. The Labute approximate surface area is 83.7 Å². The predicted octanol–water partition coefficient (Wildman–Crippen LogP) is 0.379. The van der Waals surface area contributed by atoms with Crippen LogP contribution in [-0.4, -0.2) is 32.1 Å². The average Bonchev–Trinajstić information content (AvgIpc) is 2.55. The van der Waals surface area contributed by atoms with Crippen LogP contribution in [0.25, 0.3) is 0 Å². The van der Waals surface area contributed by atoms with Crippen molar-refractivity contribution in [1.29, 1.82) is 10.5 Å². The maximum absolute atomic E-state index is 8.74. The molecule has 0 amide bonds. The third kappa shape index (κ3) is 2.12. The predicted molar refractivity (Wildman–Crippen MR) is 52.9 cm³/mol. The first kappa shape index (κ1) is 10.3. The SMILES string of the molecule is CN(C)C=C1CNCC1=C(C#N)C#N. The summed E-state index contributed by atoms with van der Waals surface area (Å²) < 4.78 is 0. The van der Waals surface area contributed by atoms with E-state index in [4.69, 9.17) is 10.5 Å². The van der Waals surface area contributed by atoms with E-state index in [0.717, 1.165) is 17.7 Å². The van der Waals surface area contributed by atoms with Crippen molar-refractivity contribution < 1.29 is 0 Å². The number of rotatable bonds is 1. The third-order valence-electron chi connectivity index (χ3n) is 1.94. The highest BCUT2D eigenvalue weighted by Crippen LogP contribution is 2.18. The van der Waals surface area contributed by atoms with Crippen molar-refractivity contribution in [3.8, 4) is 12.1 Å². The van der Waals surface area contributed by atoms with Gasteiger partial charge in [0.1, 0.15) is 17.7 Å². The minimum absolute atomic E-state index is 0.211. The lowest BCUT2D eigenvalue weighted by Crippen LogP contribution is -2.07. The largest absolute Gasteiger partial charge is 0.383 e. The van der Waals surface area contributed by atoms with Gasteiger partial charge in [-0.2, -0.15) is 10.5 Å². The molecule has 0 aromatic heterocycles. The summed E-state index contributed by atoms with van der Waals surface area (Å²) in [6.07, 6.45) is 1.93. The molecule has 0 aliphatic carbocycles. The molecule has 1 rings (SSSR count). The molecule has 0 aromatic rings. The van der Waals surface area contributed by atoms with Crippen LogP contribution in [0.3, 0.4) is 0 Å². The van der Waals surface area contributed by atoms with Crippen LogP contribution in [0.1, 0.15) is 0 Å². The van der Waals surface area contributed by atoms with E-state index in [1.165, 1.54) is 0 Å². The highest BCUT2D eigenvalue weighted by Gasteiger charge is 2.17. The van der Waals surface area contributed by atoms with Crippen molar-refractivity contribution in [3.63, 3.8) is 0 Å². The van der Waals surface area contributed by atoms with Crippen LogP contribution >= 0.6 is 0 Å². The van der Waals surface area contributed by atoms with E-state index in [1.54, 1.807) is 0 Å². The molecule has 4 nitrogen and oxygen atoms in total. The van der Waals surface area contributed by atoms with E-state index in [-0.39, 0.29) is 5.57 Å². The molecule has 1 N–H and O–H groups in total. The number of hydrogen-bond donors (Lipinski definition) is 1. The molecule has 0 unspecified atom stereocenters. The highest BCUT2D eigenvalue weighted by molar-refractivity contribution is 5.51. The number of nitriles is 2. The van der Waals surface area contributed by atoms with Gasteiger partial charge in [0.05, 0.1) is 0 Å². The van der Waals surface area contributed by atoms with Gasteiger partial charge >= 0.3 is 0 Å². The molecule has 1 aliphatic rings. The first-order valence-corrected chi connectivity index (χ1v) is 4.30. The molecular weight excluding hydrogens is 176 g/mol. The van der Waals surface area contributed by atoms with Gasteiger partial charge in [-0.15, -0.1) is 0 Å². The van der Waals surface area contributed by atoms with Crippen LogP contribution in [0.4, 0.5) is 0 Å². The zero-order valence-electron chi connectivity index (χ0n) is 8.33. The van der Waals surface area contributed by atoms with Crippen LogP contribution in [0.2, 0.25) is 0 Å². The minimum Gasteiger partial charge on any atom is -0.383 e. The standard InChI is InChI=1S/C10H12N4/c1-14(2)7-9-5-13-6-10(9)8(3-11)4-12/h7,13H,5-6H2,1-2H3. The van der Waals surface area contributed by atoms with Crippen LogP contribution in [0.5, 0.6) is 0 Å². The van der Waals surface area contributed by atoms with Crippen molar-refractivity contribution in [2.45, 2.75) is 0 Å². The van der Waals surface area contributed by atoms with Gasteiger partial charge in [-0.05, 0) is 5.57 Å². The first-order valence-electron chi connectivity index (χ1n) is 4.30. The smallest absolute Gasteiger partial charge is 0.134 e. The highest BCUT2D eigenvalue weighted by atomic mass is 15.0. The number of nitrogens with zero attached hydrogens (tertiary/aromatic N) is 3. The van der Waals surface area contributed by atoms with E-state index in [9.17, 15) is 0 Å². The van der Waals surface area contributed by atoms with Crippen molar-refractivity contribution in [1.82, 2.24) is 10.2 Å². The molecule has 0 bridgehead atoms. The molecule has 1 heterocycles. The quantitative estimate of drug-likeness (QED) is 0.604. The summed E-state index contributed by atoms with van der Waals surface area (Å²) >= 11 is 0. The Kier molecular flexibility index (Phi) is 3.28. The molecule has 1 saturated heterocycles. The second-order valence-electron chi connectivity index (χ2n) is 3.30. The zero-order valence-corrected chi connectivity index (χ0v) is 8.33. The van der Waals surface area contributed by atoms with Gasteiger partial charge in [0.25, 0.3) is 0 Å². The molecule has 0 spiro atoms. The summed E-state index contributed by atoms with van der Waals surface area (Å²) in [6.45, 7) is 1.33. The lowest BCUT2D eigenvalue weighted by Gasteiger charge is -2.07. The number of allylic oxidation sites excluding steroid dienone is 1. The Morgan fingerprint density at radius 1 is 1.36 bits per heavy atom. The third-order valence-corrected chi connectivity index (χ3v) is 1.94. The summed E-state index contributed by atoms with van der Waals surface area (Å²) in [5, 5.41) is 20.6. The van der Waals surface area contributed by atoms with Gasteiger partial charge < -0.3 is 10.2 Å². The Morgan fingerprint density at radius 3 is 2.50 bits per heavy atom. The summed E-state index contributed by atoms with van der Waals surface area (Å²) in [6, 6.07) is 3.83. The van der Waals surface area contributed by atoms with Gasteiger partial charge in [0.2, 0.25) is 0 Å². The number of hydrogen-bond acceptors (Lipinski definition) is 4. The Hall–Kier alpha value is -1.78. The van der Waals surface area contributed by atoms with E-state index >= 15 is 0 Å². The summed E-state index contributed by atoms with van der Waals surface area (Å²) in [5.74, 6) is 0. The molecule has 0 atom stereocenters. The molecule has 0 saturated carbocycles. The van der Waals surface area contributed by atoms with Crippen LogP contribution in [0, 0.1) is 22.7 Å². The van der Waals surface area contributed by atoms with Crippen molar-refractivity contribution in [2.75, 3.05) is 27.2 Å². The summed E-state index contributed by atoms with van der Waals surface area (Å²) in [5.41, 5.74) is 2.06. The molecule has 1 aliphatic heterocycles. The Morgan fingerprint density at radius 2 is 2.00 bits per heavy atom. The molecule has 14 heavy (non-hydrogen) atoms. The topological polar surface area (TPSA) is 62.9 Å². The maximum atomic E-state index is 8.74. The van der Waals surface area contributed by atoms with Crippen molar-refractivity contribution in [2.24, 2.45) is 0 Å². The van der Waals surface area contributed by atoms with Crippen LogP contribution < -0.4 is 5.32 Å². The monoisotopic (exact) mass is 188 g/mol. The van der Waals surface area contributed by atoms with Gasteiger partial charge in [-0.3, -0.25) is 0 Å². The second kappa shape index (κ2) is 4.45. The van der Waals surface area contributed by atoms with E-state index in [1.807, 2.05) is 37.3 Å². The lowest BCUT2D eigenvalue weighted by molar-refractivity contribution is 0.558. The fourth-order valence-electron chi connectivity index (χ4n) is 1.39. The first-order chi connectivity index (χ1) is 6.69. The summed E-state index contributed by atoms with van der Waals surface area (Å²) in [4.78, 5) is 1.91. The average molecular weight is 188 g/mol. The van der Waals surface area contributed by atoms with Crippen molar-refractivity contribution >= 4 is 0 Å². The van der Waals surface area contributed by atoms with Gasteiger partial charge in [-0.25, -0.2) is 0 Å². The fraction of sp³-hybridized carbons (Fsp3) is 0.400. The van der Waals surface area contributed by atoms with Crippen LogP contribution in [0.15, 0.2) is 22.9 Å². The lowest BCUT2D eigenvalue weighted by atomic mass is 10.1. The summed E-state index contributed by atoms with van der Waals surface area (Å²) in [7, 11) is 3.84. The number of nitrogens with one attached hydrogen (secondary N) is 1. The fourth-order valence-corrected chi connectivity index (χ4v) is 1.39. The molecule has 72 valence electrons. The molecule has 4 heteroatoms. The van der Waals surface area contributed by atoms with Gasteiger partial charge in [0.15, 0.2) is 0 Å². The zero-order chi connectivity index (χ0) is 10.6.